The smallest absolute Gasteiger partial charge is 0.260 e. The van der Waals surface area contributed by atoms with Crippen LogP contribution in [0.15, 0.2) is 42.5 Å². The third-order valence-corrected chi connectivity index (χ3v) is 7.31. The van der Waals surface area contributed by atoms with E-state index in [2.05, 4.69) is 18.0 Å². The Balaban J connectivity index is 1.47. The number of amides is 1. The lowest BCUT2D eigenvalue weighted by Gasteiger charge is -2.28. The predicted octanol–water partition coefficient (Wildman–Crippen LogP) is 3.52. The van der Waals surface area contributed by atoms with Crippen molar-refractivity contribution in [2.24, 2.45) is 0 Å². The third-order valence-electron chi connectivity index (χ3n) is 5.56. The molecule has 154 valence electrons. The summed E-state index contributed by atoms with van der Waals surface area (Å²) in [6.45, 7) is 2.53. The average Bonchev–Trinajstić information content (AvgIpc) is 3.25. The summed E-state index contributed by atoms with van der Waals surface area (Å²) in [5.74, 6) is 0.679. The summed E-state index contributed by atoms with van der Waals surface area (Å²) in [6, 6.07) is 13.6. The molecule has 1 aromatic heterocycles. The molecule has 6 nitrogen and oxygen atoms in total. The molecule has 4 rings (SSSR count). The van der Waals surface area contributed by atoms with E-state index in [0.29, 0.717) is 18.7 Å². The highest BCUT2D eigenvalue weighted by Gasteiger charge is 2.34. The van der Waals surface area contributed by atoms with Crippen LogP contribution in [-0.4, -0.2) is 54.9 Å². The van der Waals surface area contributed by atoms with Gasteiger partial charge in [0.25, 0.3) is 5.91 Å². The molecule has 1 amide bonds. The topological polar surface area (TPSA) is 79.5 Å². The number of benzene rings is 2. The van der Waals surface area contributed by atoms with Gasteiger partial charge >= 0.3 is 0 Å². The van der Waals surface area contributed by atoms with E-state index < -0.39 is 9.84 Å². The summed E-state index contributed by atoms with van der Waals surface area (Å²) in [5.41, 5.74) is 2.02. The van der Waals surface area contributed by atoms with E-state index in [1.54, 1.807) is 4.90 Å². The van der Waals surface area contributed by atoms with Gasteiger partial charge in [0.15, 0.2) is 16.4 Å². The molecule has 1 saturated heterocycles. The molecule has 0 unspecified atom stereocenters. The van der Waals surface area contributed by atoms with Crippen molar-refractivity contribution in [3.63, 3.8) is 0 Å². The predicted molar refractivity (Wildman–Crippen MR) is 115 cm³/mol. The second-order valence-electron chi connectivity index (χ2n) is 7.66. The first-order chi connectivity index (χ1) is 14.0. The van der Waals surface area contributed by atoms with Gasteiger partial charge in [-0.1, -0.05) is 31.5 Å². The molecule has 2 heterocycles. The van der Waals surface area contributed by atoms with Gasteiger partial charge in [-0.05, 0) is 31.0 Å². The minimum atomic E-state index is -3.04. The molecule has 0 saturated carbocycles. The number of rotatable bonds is 7. The minimum Gasteiger partial charge on any atom is -0.484 e. The Bertz CT molecular complexity index is 1140. The van der Waals surface area contributed by atoms with Crippen LogP contribution in [0.3, 0.4) is 0 Å². The molecule has 0 bridgehead atoms. The van der Waals surface area contributed by atoms with Gasteiger partial charge in [-0.3, -0.25) is 4.79 Å². The van der Waals surface area contributed by atoms with Crippen LogP contribution in [-0.2, 0) is 14.6 Å². The summed E-state index contributed by atoms with van der Waals surface area (Å²) in [5, 5.41) is 2.26. The average molecular weight is 415 g/mol. The van der Waals surface area contributed by atoms with Crippen molar-refractivity contribution < 1.29 is 17.9 Å². The van der Waals surface area contributed by atoms with Crippen LogP contribution in [0.1, 0.15) is 26.2 Å². The Morgan fingerprint density at radius 3 is 2.72 bits per heavy atom. The van der Waals surface area contributed by atoms with Crippen molar-refractivity contribution in [3.8, 4) is 5.75 Å². The molecule has 0 spiro atoms. The highest BCUT2D eigenvalue weighted by Crippen LogP contribution is 2.28. The number of ether oxygens (including phenoxy) is 1. The largest absolute Gasteiger partial charge is 0.484 e. The molecule has 1 aliphatic heterocycles. The van der Waals surface area contributed by atoms with Crippen molar-refractivity contribution in [1.29, 1.82) is 0 Å². The van der Waals surface area contributed by atoms with E-state index in [0.717, 1.165) is 34.6 Å². The highest BCUT2D eigenvalue weighted by atomic mass is 32.2. The van der Waals surface area contributed by atoms with Gasteiger partial charge in [0, 0.05) is 34.9 Å². The maximum atomic E-state index is 12.8. The van der Waals surface area contributed by atoms with Crippen LogP contribution < -0.4 is 4.74 Å². The first kappa shape index (κ1) is 19.8. The maximum absolute atomic E-state index is 12.8. The molecular formula is C22H26N2O4S. The molecule has 0 aliphatic carbocycles. The second-order valence-corrected chi connectivity index (χ2v) is 9.89. The molecule has 29 heavy (non-hydrogen) atoms. The molecule has 1 aliphatic rings. The van der Waals surface area contributed by atoms with E-state index in [-0.39, 0.29) is 30.1 Å². The lowest BCUT2D eigenvalue weighted by molar-refractivity contribution is -0.135. The number of para-hydroxylation sites is 1. The van der Waals surface area contributed by atoms with Gasteiger partial charge < -0.3 is 14.6 Å². The monoisotopic (exact) mass is 414 g/mol. The van der Waals surface area contributed by atoms with Gasteiger partial charge in [-0.25, -0.2) is 8.42 Å². The first-order valence-corrected chi connectivity index (χ1v) is 11.9. The quantitative estimate of drug-likeness (QED) is 0.642. The summed E-state index contributed by atoms with van der Waals surface area (Å²) in [6.07, 6.45) is 2.31. The van der Waals surface area contributed by atoms with Gasteiger partial charge in [0.1, 0.15) is 5.75 Å². The Morgan fingerprint density at radius 2 is 1.97 bits per heavy atom. The van der Waals surface area contributed by atoms with Crippen molar-refractivity contribution >= 4 is 37.6 Å². The fraction of sp³-hybridized carbons (Fsp3) is 0.409. The zero-order chi connectivity index (χ0) is 20.4. The van der Waals surface area contributed by atoms with E-state index in [9.17, 15) is 13.2 Å². The Labute approximate surface area is 170 Å². The van der Waals surface area contributed by atoms with E-state index in [1.165, 1.54) is 0 Å². The summed E-state index contributed by atoms with van der Waals surface area (Å²) < 4.78 is 29.5. The highest BCUT2D eigenvalue weighted by molar-refractivity contribution is 7.91. The molecule has 1 fully saturated rings. The third kappa shape index (κ3) is 4.24. The normalized spacial score (nSPS) is 18.3. The number of fused-ring (bicyclic) bond motifs is 3. The molecule has 1 atom stereocenters. The lowest BCUT2D eigenvalue weighted by atomic mass is 10.1. The standard InChI is InChI=1S/C22H26N2O4S/c1-2-3-11-24(16-10-12-29(26,27)15-16)22(25)14-28-17-8-9-19-18-6-4-5-7-20(18)23-21(19)13-17/h4-9,13,16,23H,2-3,10-12,14-15H2,1H3/t16-/m1/s1. The van der Waals surface area contributed by atoms with Crippen LogP contribution in [0, 0.1) is 0 Å². The molecule has 3 aromatic rings. The van der Waals surface area contributed by atoms with E-state index in [1.807, 2.05) is 36.4 Å². The molecule has 7 heteroatoms. The second kappa shape index (κ2) is 8.06. The zero-order valence-electron chi connectivity index (χ0n) is 16.6. The Hall–Kier alpha value is -2.54. The number of aromatic amines is 1. The van der Waals surface area contributed by atoms with Gasteiger partial charge in [-0.2, -0.15) is 0 Å². The lowest BCUT2D eigenvalue weighted by Crippen LogP contribution is -2.44. The number of sulfone groups is 1. The number of carbonyl (C=O) groups is 1. The minimum absolute atomic E-state index is 0.0590. The van der Waals surface area contributed by atoms with Crippen LogP contribution in [0.5, 0.6) is 5.75 Å². The van der Waals surface area contributed by atoms with Crippen LogP contribution in [0.4, 0.5) is 0 Å². The van der Waals surface area contributed by atoms with Crippen molar-refractivity contribution in [2.75, 3.05) is 24.7 Å². The van der Waals surface area contributed by atoms with Crippen molar-refractivity contribution in [2.45, 2.75) is 32.2 Å². The Kier molecular flexibility index (Phi) is 5.50. The SMILES string of the molecule is CCCCN(C(=O)COc1ccc2c(c1)[nH]c1ccccc12)[C@@H]1CCS(=O)(=O)C1. The molecule has 2 aromatic carbocycles. The molecule has 1 N–H and O–H groups in total. The molecule has 0 radical (unpaired) electrons. The number of unbranched alkanes of at least 4 members (excludes halogenated alkanes) is 1. The summed E-state index contributed by atoms with van der Waals surface area (Å²) in [4.78, 5) is 17.9. The van der Waals surface area contributed by atoms with Crippen molar-refractivity contribution in [3.05, 3.63) is 42.5 Å². The van der Waals surface area contributed by atoms with E-state index >= 15 is 0 Å². The fourth-order valence-corrected chi connectivity index (χ4v) is 5.74. The summed E-state index contributed by atoms with van der Waals surface area (Å²) in [7, 11) is -3.04. The van der Waals surface area contributed by atoms with Crippen LogP contribution in [0.25, 0.3) is 21.8 Å². The molecular weight excluding hydrogens is 388 g/mol. The number of nitrogens with one attached hydrogen (secondary N) is 1. The number of aromatic nitrogens is 1. The number of hydrogen-bond acceptors (Lipinski definition) is 4. The first-order valence-electron chi connectivity index (χ1n) is 10.1. The number of H-pyrrole nitrogens is 1. The van der Waals surface area contributed by atoms with Crippen LogP contribution >= 0.6 is 0 Å². The number of nitrogens with zero attached hydrogens (tertiary/aromatic N) is 1. The Morgan fingerprint density at radius 1 is 1.17 bits per heavy atom. The van der Waals surface area contributed by atoms with Gasteiger partial charge in [0.2, 0.25) is 0 Å². The van der Waals surface area contributed by atoms with E-state index in [4.69, 9.17) is 4.74 Å². The van der Waals surface area contributed by atoms with Crippen LogP contribution in [0.2, 0.25) is 0 Å². The fourth-order valence-electron chi connectivity index (χ4n) is 4.01. The number of hydrogen-bond donors (Lipinski definition) is 1. The zero-order valence-corrected chi connectivity index (χ0v) is 17.4. The van der Waals surface area contributed by atoms with Gasteiger partial charge in [-0.15, -0.1) is 0 Å². The van der Waals surface area contributed by atoms with Crippen molar-refractivity contribution in [1.82, 2.24) is 9.88 Å². The maximum Gasteiger partial charge on any atom is 0.260 e. The number of carbonyl (C=O) groups excluding carboxylic acids is 1. The summed E-state index contributed by atoms with van der Waals surface area (Å²) >= 11 is 0. The van der Waals surface area contributed by atoms with Gasteiger partial charge in [0.05, 0.1) is 17.0 Å².